The third-order valence-corrected chi connectivity index (χ3v) is 17.0. The first-order chi connectivity index (χ1) is 44.4. The van der Waals surface area contributed by atoms with E-state index in [2.05, 4.69) is 137 Å². The molecule has 0 aliphatic heterocycles. The molecule has 91 heavy (non-hydrogen) atoms. The topological polar surface area (TPSA) is 131 Å². The summed E-state index contributed by atoms with van der Waals surface area (Å²) < 4.78 is 13.2. The Balaban J connectivity index is 0.000000123. The molecule has 9 nitrogen and oxygen atoms in total. The lowest BCUT2D eigenvalue weighted by Gasteiger charge is -2.10. The molecule has 4 aromatic heterocycles. The fourth-order valence-corrected chi connectivity index (χ4v) is 12.9. The van der Waals surface area contributed by atoms with Crippen molar-refractivity contribution in [1.29, 1.82) is 0 Å². The Morgan fingerprint density at radius 3 is 1.01 bits per heavy atom. The van der Waals surface area contributed by atoms with E-state index in [1.807, 2.05) is 152 Å². The van der Waals surface area contributed by atoms with Gasteiger partial charge in [0.15, 0.2) is 17.5 Å². The van der Waals surface area contributed by atoms with Gasteiger partial charge in [-0.2, -0.15) is 0 Å². The fraction of sp³-hybridized carbons (Fsp3) is 0.0125. The number of benzene rings is 14. The molecule has 18 rings (SSSR count). The van der Waals surface area contributed by atoms with Gasteiger partial charge in [0, 0.05) is 60.0 Å². The Morgan fingerprint density at radius 1 is 0.275 bits per heavy atom. The highest BCUT2D eigenvalue weighted by Crippen LogP contribution is 2.45. The van der Waals surface area contributed by atoms with Gasteiger partial charge >= 0.3 is 7.12 Å². The van der Waals surface area contributed by atoms with E-state index in [0.29, 0.717) is 28.5 Å². The van der Waals surface area contributed by atoms with Gasteiger partial charge in [0.1, 0.15) is 22.3 Å². The van der Waals surface area contributed by atoms with Crippen molar-refractivity contribution in [2.75, 3.05) is 0 Å². The van der Waals surface area contributed by atoms with Gasteiger partial charge in [-0.1, -0.05) is 268 Å². The number of aromatic nitrogens is 5. The van der Waals surface area contributed by atoms with E-state index in [4.69, 9.17) is 35.4 Å². The predicted octanol–water partition coefficient (Wildman–Crippen LogP) is 20.1. The molecule has 0 saturated heterocycles. The highest BCUT2D eigenvalue weighted by Gasteiger charge is 2.23. The average Bonchev–Trinajstić information content (AvgIpc) is 1.59. The van der Waals surface area contributed by atoms with E-state index in [0.717, 1.165) is 99.0 Å². The Kier molecular flexibility index (Phi) is 14.6. The van der Waals surface area contributed by atoms with Crippen LogP contribution < -0.4 is 5.46 Å². The molecule has 0 atom stereocenters. The summed E-state index contributed by atoms with van der Waals surface area (Å²) in [5, 5.41) is 37.8. The maximum absolute atomic E-state index is 9.77. The minimum atomic E-state index is -1.58. The zero-order chi connectivity index (χ0) is 60.2. The molecule has 0 aliphatic carbocycles. The Labute approximate surface area is 528 Å². The first kappa shape index (κ1) is 56.1. The van der Waals surface area contributed by atoms with E-state index in [-0.39, 0.29) is 12.7 Å². The molecule has 0 unspecified atom stereocenters. The second kappa shape index (κ2) is 23.6. The fourth-order valence-electron chi connectivity index (χ4n) is 12.7. The van der Waals surface area contributed by atoms with Gasteiger partial charge in [0.05, 0.1) is 17.0 Å². The summed E-state index contributed by atoms with van der Waals surface area (Å²) in [7, 11) is -1.58. The first-order valence-corrected chi connectivity index (χ1v) is 30.0. The van der Waals surface area contributed by atoms with Crippen molar-refractivity contribution in [2.24, 2.45) is 0 Å². The van der Waals surface area contributed by atoms with E-state index in [1.165, 1.54) is 43.1 Å². The highest BCUT2D eigenvalue weighted by molar-refractivity contribution is 6.62. The second-order valence-corrected chi connectivity index (χ2v) is 22.4. The van der Waals surface area contributed by atoms with Crippen molar-refractivity contribution in [2.45, 2.75) is 7.43 Å². The van der Waals surface area contributed by atoms with Crippen molar-refractivity contribution >= 4 is 133 Å². The number of fused-ring (bicyclic) bond motifs is 20. The summed E-state index contributed by atoms with van der Waals surface area (Å²) in [6.07, 6.45) is 0. The number of hydrogen-bond donors (Lipinski definition) is 2. The SMILES string of the molecule is C.Clc1nc(-c2ccccc2)cc(-c2ccccc2)n1.OB(O)c1cccc2c1oc1c2ccc2c3ccccc3c3ccccc3c21.c1ccc(-c2nc(-c3ccccc3)nc(-c3cccc4c3oc3c4ccc4c5ccccc5c5ccccc5c43)n2)cc1. The zero-order valence-electron chi connectivity index (χ0n) is 48.0. The number of para-hydroxylation sites is 2. The minimum Gasteiger partial charge on any atom is -0.456 e. The Hall–Kier alpha value is -11.4. The lowest BCUT2D eigenvalue weighted by Crippen LogP contribution is -2.29. The van der Waals surface area contributed by atoms with Crippen LogP contribution in [0.4, 0.5) is 0 Å². The summed E-state index contributed by atoms with van der Waals surface area (Å²) >= 11 is 6.03. The number of furan rings is 2. The molecule has 432 valence electrons. The molecule has 0 saturated carbocycles. The molecule has 0 amide bonds. The molecule has 14 aromatic carbocycles. The summed E-state index contributed by atoms with van der Waals surface area (Å²) in [4.78, 5) is 23.4. The molecular weight excluding hydrogens is 1140 g/mol. The van der Waals surface area contributed by atoms with Crippen molar-refractivity contribution < 1.29 is 18.9 Å². The average molecular weight is 1190 g/mol. The van der Waals surface area contributed by atoms with Crippen LogP contribution in [0.5, 0.6) is 0 Å². The predicted molar refractivity (Wildman–Crippen MR) is 377 cm³/mol. The Bertz CT molecular complexity index is 5600. The normalized spacial score (nSPS) is 11.4. The van der Waals surface area contributed by atoms with Crippen LogP contribution in [0.2, 0.25) is 5.28 Å². The highest BCUT2D eigenvalue weighted by atomic mass is 35.5. The van der Waals surface area contributed by atoms with Crippen molar-refractivity contribution in [3.63, 3.8) is 0 Å². The lowest BCUT2D eigenvalue weighted by molar-refractivity contribution is 0.425. The molecule has 4 heterocycles. The van der Waals surface area contributed by atoms with Gasteiger partial charge in [-0.3, -0.25) is 0 Å². The van der Waals surface area contributed by atoms with Crippen LogP contribution in [0.1, 0.15) is 7.43 Å². The standard InChI is InChI=1S/C39H23N3O.C24H15BO3.C16H11ClN2.CH4/c1-3-12-24(13-4-1)37-40-38(25-14-5-2-6-15-25)42-39(41-37)33-21-11-20-31-32-23-22-30-28-18-8-7-16-26(28)27-17-9-10-19-29(27)34(30)36(32)43-35(31)33;26-25(27)21-11-5-10-19-20-13-12-18-16-8-2-1-6-14(16)15-7-3-4-9-17(15)22(18)24(20)28-23(19)21;17-16-18-14(12-7-3-1-4-8-12)11-15(19-16)13-9-5-2-6-10-13;/h1-23H;1-13,26-27H;1-11H;1H4. The lowest BCUT2D eigenvalue weighted by atomic mass is 9.79. The zero-order valence-corrected chi connectivity index (χ0v) is 48.8. The van der Waals surface area contributed by atoms with Crippen molar-refractivity contribution in [3.8, 4) is 56.7 Å². The quantitative estimate of drug-likeness (QED) is 0.0949. The molecule has 0 spiro atoms. The molecule has 2 N–H and O–H groups in total. The Morgan fingerprint density at radius 2 is 0.582 bits per heavy atom. The van der Waals surface area contributed by atoms with Crippen LogP contribution in [0.15, 0.2) is 294 Å². The maximum Gasteiger partial charge on any atom is 0.492 e. The molecule has 11 heteroatoms. The van der Waals surface area contributed by atoms with Crippen LogP contribution in [-0.2, 0) is 0 Å². The molecule has 0 bridgehead atoms. The third kappa shape index (κ3) is 10.0. The van der Waals surface area contributed by atoms with Gasteiger partial charge < -0.3 is 18.9 Å². The molecule has 0 aliphatic rings. The number of hydrogen-bond acceptors (Lipinski definition) is 9. The smallest absolute Gasteiger partial charge is 0.456 e. The molecule has 0 fully saturated rings. The van der Waals surface area contributed by atoms with Crippen LogP contribution >= 0.6 is 11.6 Å². The summed E-state index contributed by atoms with van der Waals surface area (Å²) in [5.74, 6) is 1.83. The maximum atomic E-state index is 9.77. The second-order valence-electron chi connectivity index (χ2n) is 22.1. The van der Waals surface area contributed by atoms with Crippen LogP contribution in [0.3, 0.4) is 0 Å². The van der Waals surface area contributed by atoms with Crippen LogP contribution in [-0.4, -0.2) is 42.1 Å². The third-order valence-electron chi connectivity index (χ3n) is 16.8. The van der Waals surface area contributed by atoms with Crippen LogP contribution in [0, 0.1) is 0 Å². The van der Waals surface area contributed by atoms with E-state index in [9.17, 15) is 10.0 Å². The largest absolute Gasteiger partial charge is 0.492 e. The summed E-state index contributed by atoms with van der Waals surface area (Å²) in [5.41, 5.74) is 9.77. The van der Waals surface area contributed by atoms with Gasteiger partial charge in [0.2, 0.25) is 5.28 Å². The van der Waals surface area contributed by atoms with Crippen molar-refractivity contribution in [1.82, 2.24) is 24.9 Å². The van der Waals surface area contributed by atoms with Gasteiger partial charge in [-0.15, -0.1) is 0 Å². The van der Waals surface area contributed by atoms with Gasteiger partial charge in [-0.05, 0) is 89.7 Å². The number of halogens is 1. The monoisotopic (exact) mass is 1190 g/mol. The van der Waals surface area contributed by atoms with Gasteiger partial charge in [-0.25, -0.2) is 24.9 Å². The van der Waals surface area contributed by atoms with E-state index >= 15 is 0 Å². The first-order valence-electron chi connectivity index (χ1n) is 29.6. The van der Waals surface area contributed by atoms with Crippen LogP contribution in [0.25, 0.3) is 165 Å². The van der Waals surface area contributed by atoms with E-state index in [1.54, 1.807) is 6.07 Å². The number of nitrogens with zero attached hydrogens (tertiary/aromatic N) is 5. The van der Waals surface area contributed by atoms with E-state index < -0.39 is 7.12 Å². The molecular formula is C80H53BClN5O4. The van der Waals surface area contributed by atoms with Gasteiger partial charge in [0.25, 0.3) is 0 Å². The number of rotatable bonds is 6. The minimum absolute atomic E-state index is 0. The van der Waals surface area contributed by atoms with Crippen molar-refractivity contribution in [3.05, 3.63) is 290 Å². The summed E-state index contributed by atoms with van der Waals surface area (Å²) in [6, 6.07) is 96.3. The summed E-state index contributed by atoms with van der Waals surface area (Å²) in [6.45, 7) is 0. The molecule has 18 aromatic rings. The molecule has 0 radical (unpaired) electrons.